The quantitative estimate of drug-likeness (QED) is 0.648. The molecule has 0 bridgehead atoms. The van der Waals surface area contributed by atoms with Gasteiger partial charge in [0.1, 0.15) is 0 Å². The van der Waals surface area contributed by atoms with Gasteiger partial charge in [-0.15, -0.1) is 0 Å². The maximum absolute atomic E-state index is 6.18. The van der Waals surface area contributed by atoms with Gasteiger partial charge in [-0.05, 0) is 47.5 Å². The summed E-state index contributed by atoms with van der Waals surface area (Å²) < 4.78 is 1.94. The number of aromatic nitrogens is 2. The van der Waals surface area contributed by atoms with Crippen LogP contribution in [0.5, 0.6) is 0 Å². The molecule has 0 unspecified atom stereocenters. The Morgan fingerprint density at radius 2 is 1.58 bits per heavy atom. The van der Waals surface area contributed by atoms with E-state index in [0.29, 0.717) is 16.9 Å². The molecule has 3 aromatic rings. The van der Waals surface area contributed by atoms with E-state index in [0.717, 1.165) is 21.6 Å². The van der Waals surface area contributed by atoms with Gasteiger partial charge in [-0.25, -0.2) is 4.98 Å². The number of halogens is 3. The summed E-state index contributed by atoms with van der Waals surface area (Å²) in [6.45, 7) is 0.647. The smallest absolute Gasteiger partial charge is 0.204 e. The molecule has 1 heterocycles. The number of imidazole rings is 1. The molecule has 0 aliphatic heterocycles. The van der Waals surface area contributed by atoms with Crippen molar-refractivity contribution in [3.05, 3.63) is 63.4 Å². The highest BCUT2D eigenvalue weighted by molar-refractivity contribution is 6.32. The molecule has 0 aliphatic carbocycles. The fourth-order valence-electron chi connectivity index (χ4n) is 2.00. The number of fused-ring (bicyclic) bond motifs is 1. The summed E-state index contributed by atoms with van der Waals surface area (Å²) in [6, 6.07) is 13.2. The van der Waals surface area contributed by atoms with Gasteiger partial charge >= 0.3 is 0 Å². The van der Waals surface area contributed by atoms with E-state index in [1.807, 2.05) is 41.0 Å². The summed E-state index contributed by atoms with van der Waals surface area (Å²) in [7, 11) is 0. The second-order valence-corrected chi connectivity index (χ2v) is 5.44. The van der Waals surface area contributed by atoms with E-state index in [2.05, 4.69) is 4.98 Å². The largest absolute Gasteiger partial charge is 0.310 e. The Labute approximate surface area is 125 Å². The first-order chi connectivity index (χ1) is 9.13. The molecule has 0 aliphatic rings. The number of rotatable bonds is 2. The summed E-state index contributed by atoms with van der Waals surface area (Å²) in [4.78, 5) is 4.31. The van der Waals surface area contributed by atoms with E-state index < -0.39 is 0 Å². The zero-order chi connectivity index (χ0) is 13.4. The van der Waals surface area contributed by atoms with Gasteiger partial charge in [0.15, 0.2) is 0 Å². The predicted octanol–water partition coefficient (Wildman–Crippen LogP) is 5.04. The number of hydrogen-bond donors (Lipinski definition) is 0. The van der Waals surface area contributed by atoms with Crippen molar-refractivity contribution in [2.45, 2.75) is 6.54 Å². The van der Waals surface area contributed by atoms with Crippen LogP contribution in [0.4, 0.5) is 0 Å². The zero-order valence-corrected chi connectivity index (χ0v) is 12.0. The average molecular weight is 312 g/mol. The topological polar surface area (TPSA) is 17.8 Å². The van der Waals surface area contributed by atoms with Crippen molar-refractivity contribution < 1.29 is 0 Å². The first-order valence-electron chi connectivity index (χ1n) is 5.69. The fraction of sp³-hybridized carbons (Fsp3) is 0.0714. The van der Waals surface area contributed by atoms with E-state index in [4.69, 9.17) is 34.8 Å². The van der Waals surface area contributed by atoms with Crippen molar-refractivity contribution in [2.24, 2.45) is 0 Å². The Kier molecular flexibility index (Phi) is 3.40. The molecule has 0 N–H and O–H groups in total. The van der Waals surface area contributed by atoms with Gasteiger partial charge in [-0.3, -0.25) is 0 Å². The van der Waals surface area contributed by atoms with Gasteiger partial charge in [0.2, 0.25) is 5.28 Å². The summed E-state index contributed by atoms with van der Waals surface area (Å²) in [5.41, 5.74) is 2.87. The molecule has 0 saturated heterocycles. The molecular formula is C14H9Cl3N2. The summed E-state index contributed by atoms with van der Waals surface area (Å²) >= 11 is 18.0. The maximum Gasteiger partial charge on any atom is 0.204 e. The normalized spacial score (nSPS) is 11.1. The highest BCUT2D eigenvalue weighted by atomic mass is 35.5. The van der Waals surface area contributed by atoms with Crippen LogP contribution in [0.15, 0.2) is 42.5 Å². The molecule has 0 radical (unpaired) electrons. The van der Waals surface area contributed by atoms with Crippen molar-refractivity contribution in [1.82, 2.24) is 9.55 Å². The van der Waals surface area contributed by atoms with Gasteiger partial charge in [0.25, 0.3) is 0 Å². The zero-order valence-electron chi connectivity index (χ0n) is 9.78. The number of hydrogen-bond acceptors (Lipinski definition) is 1. The molecular weight excluding hydrogens is 303 g/mol. The highest BCUT2D eigenvalue weighted by Gasteiger charge is 2.09. The molecule has 2 nitrogen and oxygen atoms in total. The fourth-order valence-corrected chi connectivity index (χ4v) is 2.53. The molecule has 96 valence electrons. The SMILES string of the molecule is Clc1ccc(Cn2c(Cl)nc3cc(Cl)ccc32)cc1. The minimum Gasteiger partial charge on any atom is -0.310 e. The third-order valence-electron chi connectivity index (χ3n) is 2.92. The van der Waals surface area contributed by atoms with Crippen LogP contribution in [0, 0.1) is 0 Å². The van der Waals surface area contributed by atoms with Crippen LogP contribution in [0.25, 0.3) is 11.0 Å². The summed E-state index contributed by atoms with van der Waals surface area (Å²) in [6.07, 6.45) is 0. The standard InChI is InChI=1S/C14H9Cl3N2/c15-10-3-1-9(2-4-10)8-19-13-6-5-11(16)7-12(13)18-14(19)17/h1-7H,8H2. The monoisotopic (exact) mass is 310 g/mol. The first-order valence-corrected chi connectivity index (χ1v) is 6.82. The van der Waals surface area contributed by atoms with Gasteiger partial charge in [0.05, 0.1) is 17.6 Å². The molecule has 3 rings (SSSR count). The van der Waals surface area contributed by atoms with E-state index in [9.17, 15) is 0 Å². The Balaban J connectivity index is 2.05. The highest BCUT2D eigenvalue weighted by Crippen LogP contribution is 2.24. The lowest BCUT2D eigenvalue weighted by Gasteiger charge is -2.06. The van der Waals surface area contributed by atoms with E-state index >= 15 is 0 Å². The summed E-state index contributed by atoms with van der Waals surface area (Å²) in [5.74, 6) is 0. The van der Waals surface area contributed by atoms with Crippen molar-refractivity contribution in [3.8, 4) is 0 Å². The minimum atomic E-state index is 0.451. The van der Waals surface area contributed by atoms with Crippen LogP contribution < -0.4 is 0 Å². The molecule has 1 aromatic heterocycles. The molecule has 19 heavy (non-hydrogen) atoms. The Hall–Kier alpha value is -1.22. The van der Waals surface area contributed by atoms with Crippen LogP contribution in [0.2, 0.25) is 15.3 Å². The van der Waals surface area contributed by atoms with Crippen LogP contribution in [0.1, 0.15) is 5.56 Å². The molecule has 5 heteroatoms. The number of benzene rings is 2. The minimum absolute atomic E-state index is 0.451. The van der Waals surface area contributed by atoms with Gasteiger partial charge in [-0.2, -0.15) is 0 Å². The molecule has 0 saturated carbocycles. The molecule has 0 atom stereocenters. The second-order valence-electron chi connectivity index (χ2n) is 4.23. The second kappa shape index (κ2) is 5.04. The van der Waals surface area contributed by atoms with Crippen LogP contribution in [0.3, 0.4) is 0 Å². The number of nitrogens with zero attached hydrogens (tertiary/aromatic N) is 2. The Bertz CT molecular complexity index is 732. The average Bonchev–Trinajstić information content (AvgIpc) is 2.68. The molecule has 0 amide bonds. The Morgan fingerprint density at radius 1 is 0.895 bits per heavy atom. The van der Waals surface area contributed by atoms with E-state index in [1.165, 1.54) is 0 Å². The molecule has 0 fully saturated rings. The third kappa shape index (κ3) is 2.57. The van der Waals surface area contributed by atoms with Crippen LogP contribution in [-0.2, 0) is 6.54 Å². The third-order valence-corrected chi connectivity index (χ3v) is 3.69. The van der Waals surface area contributed by atoms with Crippen molar-refractivity contribution in [3.63, 3.8) is 0 Å². The van der Waals surface area contributed by atoms with Crippen molar-refractivity contribution in [1.29, 1.82) is 0 Å². The first kappa shape index (κ1) is 12.8. The van der Waals surface area contributed by atoms with Crippen molar-refractivity contribution in [2.75, 3.05) is 0 Å². The lowest BCUT2D eigenvalue weighted by Crippen LogP contribution is -1.99. The molecule has 2 aromatic carbocycles. The lowest BCUT2D eigenvalue weighted by atomic mass is 10.2. The Morgan fingerprint density at radius 3 is 2.32 bits per heavy atom. The molecule has 0 spiro atoms. The van der Waals surface area contributed by atoms with Crippen molar-refractivity contribution >= 4 is 45.8 Å². The summed E-state index contributed by atoms with van der Waals surface area (Å²) in [5, 5.41) is 1.82. The van der Waals surface area contributed by atoms with Gasteiger partial charge in [-0.1, -0.05) is 35.3 Å². The van der Waals surface area contributed by atoms with E-state index in [-0.39, 0.29) is 0 Å². The lowest BCUT2D eigenvalue weighted by molar-refractivity contribution is 0.826. The van der Waals surface area contributed by atoms with Crippen LogP contribution in [-0.4, -0.2) is 9.55 Å². The van der Waals surface area contributed by atoms with Gasteiger partial charge in [0, 0.05) is 10.0 Å². The predicted molar refractivity (Wildman–Crippen MR) is 80.3 cm³/mol. The maximum atomic E-state index is 6.18. The van der Waals surface area contributed by atoms with E-state index in [1.54, 1.807) is 6.07 Å². The van der Waals surface area contributed by atoms with Crippen LogP contribution >= 0.6 is 34.8 Å². The van der Waals surface area contributed by atoms with Gasteiger partial charge < -0.3 is 4.57 Å².